The Labute approximate surface area is 107 Å². The number of hydrogen-bond donors (Lipinski definition) is 2. The lowest BCUT2D eigenvalue weighted by atomic mass is 10.3. The largest absolute Gasteiger partial charge is 0.382 e. The molecule has 0 aliphatic carbocycles. The summed E-state index contributed by atoms with van der Waals surface area (Å²) in [6, 6.07) is 4.17. The van der Waals surface area contributed by atoms with Crippen LogP contribution in [0.2, 0.25) is 10.0 Å². The topological polar surface area (TPSA) is 63.8 Å². The maximum Gasteiger partial charge on any atom is 0.154 e. The number of nitrogens with two attached hydrogens (primary N) is 1. The fraction of sp³-hybridized carbons (Fsp3) is 0. The molecule has 0 radical (unpaired) electrons. The second kappa shape index (κ2) is 4.73. The summed E-state index contributed by atoms with van der Waals surface area (Å²) in [7, 11) is 0. The molecule has 2 rings (SSSR count). The summed E-state index contributed by atoms with van der Waals surface area (Å²) in [6.45, 7) is 0. The molecule has 0 aliphatic rings. The number of nitrogen functional groups attached to an aromatic ring is 1. The molecule has 0 bridgehead atoms. The van der Waals surface area contributed by atoms with Crippen molar-refractivity contribution in [2.45, 2.75) is 0 Å². The normalized spacial score (nSPS) is 10.3. The summed E-state index contributed by atoms with van der Waals surface area (Å²) in [4.78, 5) is 7.64. The number of hydrogen-bond acceptors (Lipinski definition) is 4. The minimum Gasteiger partial charge on any atom is -0.382 e. The van der Waals surface area contributed by atoms with E-state index >= 15 is 0 Å². The molecule has 0 saturated heterocycles. The molecule has 0 aliphatic heterocycles. The van der Waals surface area contributed by atoms with Gasteiger partial charge in [-0.1, -0.05) is 23.2 Å². The van der Waals surface area contributed by atoms with Crippen molar-refractivity contribution < 1.29 is 4.39 Å². The van der Waals surface area contributed by atoms with E-state index in [1.165, 1.54) is 24.5 Å². The Balaban J connectivity index is 2.31. The van der Waals surface area contributed by atoms with Crippen LogP contribution in [-0.4, -0.2) is 9.97 Å². The molecule has 0 fully saturated rings. The number of benzene rings is 1. The quantitative estimate of drug-likeness (QED) is 0.881. The number of anilines is 3. The Morgan fingerprint density at radius 1 is 1.24 bits per heavy atom. The van der Waals surface area contributed by atoms with Crippen LogP contribution in [0.5, 0.6) is 0 Å². The minimum atomic E-state index is -0.495. The van der Waals surface area contributed by atoms with Crippen LogP contribution in [-0.2, 0) is 0 Å². The zero-order chi connectivity index (χ0) is 12.4. The first-order valence-electron chi connectivity index (χ1n) is 4.56. The van der Waals surface area contributed by atoms with Gasteiger partial charge in [0, 0.05) is 5.69 Å². The Hall–Kier alpha value is -1.59. The van der Waals surface area contributed by atoms with E-state index in [2.05, 4.69) is 15.3 Å². The summed E-state index contributed by atoms with van der Waals surface area (Å²) < 4.78 is 12.9. The van der Waals surface area contributed by atoms with Crippen LogP contribution in [0.3, 0.4) is 0 Å². The van der Waals surface area contributed by atoms with Crippen LogP contribution < -0.4 is 11.1 Å². The molecule has 17 heavy (non-hydrogen) atoms. The zero-order valence-electron chi connectivity index (χ0n) is 8.42. The molecule has 3 N–H and O–H groups in total. The lowest BCUT2D eigenvalue weighted by Gasteiger charge is -2.08. The van der Waals surface area contributed by atoms with Crippen molar-refractivity contribution in [3.63, 3.8) is 0 Å². The van der Waals surface area contributed by atoms with E-state index in [-0.39, 0.29) is 15.9 Å². The van der Waals surface area contributed by atoms with Gasteiger partial charge in [-0.05, 0) is 18.2 Å². The minimum absolute atomic E-state index is 0.00755. The number of nitrogens with one attached hydrogen (secondary N) is 1. The highest BCUT2D eigenvalue weighted by Gasteiger charge is 2.07. The summed E-state index contributed by atoms with van der Waals surface area (Å²) >= 11 is 11.5. The van der Waals surface area contributed by atoms with Crippen LogP contribution in [0.4, 0.5) is 21.7 Å². The molecule has 88 valence electrons. The van der Waals surface area contributed by atoms with Gasteiger partial charge >= 0.3 is 0 Å². The highest BCUT2D eigenvalue weighted by atomic mass is 35.5. The lowest BCUT2D eigenvalue weighted by Crippen LogP contribution is -1.99. The van der Waals surface area contributed by atoms with E-state index in [0.717, 1.165) is 0 Å². The Bertz CT molecular complexity index is 562. The Morgan fingerprint density at radius 2 is 2.00 bits per heavy atom. The van der Waals surface area contributed by atoms with Gasteiger partial charge < -0.3 is 11.1 Å². The van der Waals surface area contributed by atoms with Crippen LogP contribution >= 0.6 is 23.2 Å². The van der Waals surface area contributed by atoms with Crippen LogP contribution in [0.1, 0.15) is 0 Å². The third kappa shape index (κ3) is 2.57. The fourth-order valence-corrected chi connectivity index (χ4v) is 1.51. The van der Waals surface area contributed by atoms with Gasteiger partial charge in [0.2, 0.25) is 0 Å². The van der Waals surface area contributed by atoms with E-state index in [1.54, 1.807) is 0 Å². The number of rotatable bonds is 2. The zero-order valence-corrected chi connectivity index (χ0v) is 9.93. The SMILES string of the molecule is Nc1ncnc(Nc2ccc(F)c(Cl)c2)c1Cl. The Morgan fingerprint density at radius 3 is 2.71 bits per heavy atom. The van der Waals surface area contributed by atoms with Gasteiger partial charge in [0.1, 0.15) is 23.0 Å². The average molecular weight is 273 g/mol. The molecule has 7 heteroatoms. The molecule has 2 aromatic rings. The second-order valence-electron chi connectivity index (χ2n) is 3.18. The molecule has 0 amide bonds. The van der Waals surface area contributed by atoms with Crippen molar-refractivity contribution in [1.29, 1.82) is 0 Å². The van der Waals surface area contributed by atoms with Crippen molar-refractivity contribution >= 4 is 40.5 Å². The molecular formula is C10H7Cl2FN4. The first kappa shape index (κ1) is 11.9. The van der Waals surface area contributed by atoms with E-state index in [4.69, 9.17) is 28.9 Å². The maximum absolute atomic E-state index is 12.9. The first-order valence-corrected chi connectivity index (χ1v) is 5.31. The average Bonchev–Trinajstić information content (AvgIpc) is 2.30. The van der Waals surface area contributed by atoms with Crippen molar-refractivity contribution in [3.05, 3.63) is 40.4 Å². The van der Waals surface area contributed by atoms with Gasteiger partial charge in [-0.15, -0.1) is 0 Å². The second-order valence-corrected chi connectivity index (χ2v) is 3.96. The third-order valence-corrected chi connectivity index (χ3v) is 2.66. The summed E-state index contributed by atoms with van der Waals surface area (Å²) in [5.74, 6) is 0.00438. The summed E-state index contributed by atoms with van der Waals surface area (Å²) in [5, 5.41) is 3.08. The fourth-order valence-electron chi connectivity index (χ4n) is 1.18. The molecule has 1 heterocycles. The molecule has 0 atom stereocenters. The maximum atomic E-state index is 12.9. The first-order chi connectivity index (χ1) is 8.08. The third-order valence-electron chi connectivity index (χ3n) is 2.00. The van der Waals surface area contributed by atoms with E-state index in [1.807, 2.05) is 0 Å². The summed E-state index contributed by atoms with van der Waals surface area (Å²) in [6.07, 6.45) is 1.27. The van der Waals surface area contributed by atoms with Crippen LogP contribution in [0.15, 0.2) is 24.5 Å². The molecule has 1 aromatic carbocycles. The van der Waals surface area contributed by atoms with Gasteiger partial charge in [0.05, 0.1) is 5.02 Å². The molecule has 0 spiro atoms. The van der Waals surface area contributed by atoms with Crippen molar-refractivity contribution in [3.8, 4) is 0 Å². The van der Waals surface area contributed by atoms with Gasteiger partial charge in [-0.2, -0.15) is 0 Å². The van der Waals surface area contributed by atoms with Gasteiger partial charge in [-0.3, -0.25) is 0 Å². The van der Waals surface area contributed by atoms with Gasteiger partial charge in [0.15, 0.2) is 5.82 Å². The van der Waals surface area contributed by atoms with Gasteiger partial charge in [-0.25, -0.2) is 14.4 Å². The van der Waals surface area contributed by atoms with E-state index in [9.17, 15) is 4.39 Å². The number of nitrogens with zero attached hydrogens (tertiary/aromatic N) is 2. The van der Waals surface area contributed by atoms with Crippen LogP contribution in [0, 0.1) is 5.82 Å². The standard InChI is InChI=1S/C10H7Cl2FN4/c11-6-3-5(1-2-7(6)13)17-10-8(12)9(14)15-4-16-10/h1-4H,(H3,14,15,16,17). The molecule has 1 aromatic heterocycles. The van der Waals surface area contributed by atoms with Crippen molar-refractivity contribution in [1.82, 2.24) is 9.97 Å². The molecule has 0 saturated carbocycles. The number of aromatic nitrogens is 2. The highest BCUT2D eigenvalue weighted by molar-refractivity contribution is 6.35. The Kier molecular flexibility index (Phi) is 3.31. The van der Waals surface area contributed by atoms with E-state index in [0.29, 0.717) is 11.5 Å². The molecule has 0 unspecified atom stereocenters. The van der Waals surface area contributed by atoms with E-state index < -0.39 is 5.82 Å². The summed E-state index contributed by atoms with van der Waals surface area (Å²) in [5.41, 5.74) is 6.07. The van der Waals surface area contributed by atoms with Crippen LogP contribution in [0.25, 0.3) is 0 Å². The smallest absolute Gasteiger partial charge is 0.154 e. The highest BCUT2D eigenvalue weighted by Crippen LogP contribution is 2.28. The molecular weight excluding hydrogens is 266 g/mol. The lowest BCUT2D eigenvalue weighted by molar-refractivity contribution is 0.628. The van der Waals surface area contributed by atoms with Gasteiger partial charge in [0.25, 0.3) is 0 Å². The predicted octanol–water partition coefficient (Wildman–Crippen LogP) is 3.25. The monoisotopic (exact) mass is 272 g/mol. The predicted molar refractivity (Wildman–Crippen MR) is 66.1 cm³/mol. The van der Waals surface area contributed by atoms with Crippen molar-refractivity contribution in [2.75, 3.05) is 11.1 Å². The van der Waals surface area contributed by atoms with Crippen molar-refractivity contribution in [2.24, 2.45) is 0 Å². The molecule has 4 nitrogen and oxygen atoms in total. The number of halogens is 3.